The standard InChI is InChI=1S/C28H27F3O3/c1-3-26(33)22-6-4-5-21(15-22)14-20-9-7-19(8-10-20)11-12-25(32)17-23-16-24(28(29,30)31)13-18(2)27(23)34/h4-10,13,15-16,18H,3,11-12,14,17H2,1-2H3. The summed E-state index contributed by atoms with van der Waals surface area (Å²) in [5.74, 6) is -1.49. The zero-order chi connectivity index (χ0) is 24.9. The highest BCUT2D eigenvalue weighted by atomic mass is 19.4. The first kappa shape index (κ1) is 25.3. The van der Waals surface area contributed by atoms with Gasteiger partial charge in [0.05, 0.1) is 5.57 Å². The van der Waals surface area contributed by atoms with E-state index in [1.165, 1.54) is 6.92 Å². The average Bonchev–Trinajstić information content (AvgIpc) is 2.80. The summed E-state index contributed by atoms with van der Waals surface area (Å²) in [6, 6.07) is 15.3. The molecule has 178 valence electrons. The summed E-state index contributed by atoms with van der Waals surface area (Å²) in [5, 5.41) is 0. The Hall–Kier alpha value is -3.28. The van der Waals surface area contributed by atoms with Crippen LogP contribution < -0.4 is 0 Å². The Balaban J connectivity index is 1.57. The number of ketones is 3. The van der Waals surface area contributed by atoms with E-state index in [2.05, 4.69) is 0 Å². The summed E-state index contributed by atoms with van der Waals surface area (Å²) in [5.41, 5.74) is 2.78. The van der Waals surface area contributed by atoms with Gasteiger partial charge in [0.2, 0.25) is 0 Å². The molecule has 0 radical (unpaired) electrons. The van der Waals surface area contributed by atoms with Gasteiger partial charge in [0.25, 0.3) is 0 Å². The third-order valence-corrected chi connectivity index (χ3v) is 5.90. The van der Waals surface area contributed by atoms with Crippen LogP contribution in [0.15, 0.2) is 71.8 Å². The molecule has 1 atom stereocenters. The summed E-state index contributed by atoms with van der Waals surface area (Å²) in [6.07, 6.45) is -1.41. The molecule has 2 aromatic carbocycles. The van der Waals surface area contributed by atoms with Crippen LogP contribution in [0.2, 0.25) is 0 Å². The summed E-state index contributed by atoms with van der Waals surface area (Å²) in [4.78, 5) is 36.5. The van der Waals surface area contributed by atoms with E-state index in [1.807, 2.05) is 55.5 Å². The summed E-state index contributed by atoms with van der Waals surface area (Å²) in [6.45, 7) is 3.24. The van der Waals surface area contributed by atoms with Crippen molar-refractivity contribution < 1.29 is 27.6 Å². The molecule has 0 N–H and O–H groups in total. The molecule has 3 nitrogen and oxygen atoms in total. The molecule has 0 amide bonds. The number of rotatable bonds is 9. The molecule has 0 bridgehead atoms. The second kappa shape index (κ2) is 10.8. The topological polar surface area (TPSA) is 51.2 Å². The molecule has 0 aromatic heterocycles. The number of Topliss-reactive ketones (excluding diaryl/α,β-unsaturated/α-hetero) is 3. The molecule has 0 heterocycles. The molecule has 34 heavy (non-hydrogen) atoms. The fourth-order valence-electron chi connectivity index (χ4n) is 3.96. The first-order valence-electron chi connectivity index (χ1n) is 11.3. The van der Waals surface area contributed by atoms with Crippen molar-refractivity contribution >= 4 is 17.3 Å². The molecule has 0 aliphatic heterocycles. The maximum absolute atomic E-state index is 13.0. The number of carbonyl (C=O) groups is 3. The first-order chi connectivity index (χ1) is 16.1. The van der Waals surface area contributed by atoms with Crippen LogP contribution in [0.5, 0.6) is 0 Å². The minimum Gasteiger partial charge on any atom is -0.299 e. The van der Waals surface area contributed by atoms with Crippen molar-refractivity contribution in [2.24, 2.45) is 5.92 Å². The van der Waals surface area contributed by atoms with E-state index in [-0.39, 0.29) is 30.0 Å². The SMILES string of the molecule is CCC(=O)c1cccc(Cc2ccc(CCC(=O)CC3=CC(C(F)(F)F)=CC(C)C3=O)cc2)c1. The zero-order valence-corrected chi connectivity index (χ0v) is 19.2. The number of halogens is 3. The van der Waals surface area contributed by atoms with Crippen molar-refractivity contribution in [3.8, 4) is 0 Å². The normalized spacial score (nSPS) is 16.1. The Morgan fingerprint density at radius 1 is 0.971 bits per heavy atom. The molecule has 0 saturated carbocycles. The monoisotopic (exact) mass is 468 g/mol. The van der Waals surface area contributed by atoms with Gasteiger partial charge in [-0.3, -0.25) is 14.4 Å². The number of allylic oxidation sites excluding steroid dienone is 4. The van der Waals surface area contributed by atoms with Crippen LogP contribution in [0.3, 0.4) is 0 Å². The van der Waals surface area contributed by atoms with Gasteiger partial charge in [0.1, 0.15) is 5.78 Å². The Labute approximate surface area is 197 Å². The highest BCUT2D eigenvalue weighted by Crippen LogP contribution is 2.33. The van der Waals surface area contributed by atoms with Crippen LogP contribution in [-0.2, 0) is 22.4 Å². The Morgan fingerprint density at radius 3 is 2.29 bits per heavy atom. The van der Waals surface area contributed by atoms with Gasteiger partial charge >= 0.3 is 6.18 Å². The fraction of sp³-hybridized carbons (Fsp3) is 0.321. The number of hydrogen-bond donors (Lipinski definition) is 0. The molecule has 3 rings (SSSR count). The van der Waals surface area contributed by atoms with Gasteiger partial charge in [-0.25, -0.2) is 0 Å². The average molecular weight is 469 g/mol. The van der Waals surface area contributed by atoms with Crippen LogP contribution in [0, 0.1) is 5.92 Å². The maximum Gasteiger partial charge on any atom is 0.416 e. The third kappa shape index (κ3) is 6.62. The second-order valence-corrected chi connectivity index (χ2v) is 8.63. The number of alkyl halides is 3. The molecule has 1 aliphatic carbocycles. The van der Waals surface area contributed by atoms with Crippen LogP contribution >= 0.6 is 0 Å². The predicted octanol–water partition coefficient (Wildman–Crippen LogP) is 6.40. The van der Waals surface area contributed by atoms with Crippen LogP contribution in [-0.4, -0.2) is 23.5 Å². The van der Waals surface area contributed by atoms with Gasteiger partial charge in [-0.2, -0.15) is 13.2 Å². The van der Waals surface area contributed by atoms with Gasteiger partial charge in [0, 0.05) is 36.3 Å². The van der Waals surface area contributed by atoms with Crippen molar-refractivity contribution in [3.63, 3.8) is 0 Å². The first-order valence-corrected chi connectivity index (χ1v) is 11.3. The molecule has 0 fully saturated rings. The van der Waals surface area contributed by atoms with E-state index in [0.29, 0.717) is 24.8 Å². The van der Waals surface area contributed by atoms with E-state index in [9.17, 15) is 27.6 Å². The van der Waals surface area contributed by atoms with E-state index in [1.54, 1.807) is 0 Å². The highest BCUT2D eigenvalue weighted by Gasteiger charge is 2.36. The number of benzene rings is 2. The van der Waals surface area contributed by atoms with Crippen LogP contribution in [0.1, 0.15) is 60.2 Å². The van der Waals surface area contributed by atoms with Crippen LogP contribution in [0.25, 0.3) is 0 Å². The highest BCUT2D eigenvalue weighted by molar-refractivity contribution is 6.04. The number of aryl methyl sites for hydroxylation is 1. The van der Waals surface area contributed by atoms with Crippen LogP contribution in [0.4, 0.5) is 13.2 Å². The van der Waals surface area contributed by atoms with Gasteiger partial charge in [0.15, 0.2) is 11.6 Å². The van der Waals surface area contributed by atoms with E-state index < -0.39 is 23.5 Å². The lowest BCUT2D eigenvalue weighted by Crippen LogP contribution is -2.23. The third-order valence-electron chi connectivity index (χ3n) is 5.90. The van der Waals surface area contributed by atoms with Gasteiger partial charge in [-0.15, -0.1) is 0 Å². The lowest BCUT2D eigenvalue weighted by molar-refractivity contribution is -0.122. The summed E-state index contributed by atoms with van der Waals surface area (Å²) < 4.78 is 39.1. The summed E-state index contributed by atoms with van der Waals surface area (Å²) in [7, 11) is 0. The predicted molar refractivity (Wildman–Crippen MR) is 125 cm³/mol. The fourth-order valence-corrected chi connectivity index (χ4v) is 3.96. The molecular weight excluding hydrogens is 441 g/mol. The summed E-state index contributed by atoms with van der Waals surface area (Å²) >= 11 is 0. The molecular formula is C28H27F3O3. The van der Waals surface area contributed by atoms with E-state index >= 15 is 0 Å². The molecule has 1 aliphatic rings. The quantitative estimate of drug-likeness (QED) is 0.401. The van der Waals surface area contributed by atoms with E-state index in [0.717, 1.165) is 28.8 Å². The minimum atomic E-state index is -4.54. The maximum atomic E-state index is 13.0. The van der Waals surface area contributed by atoms with Crippen molar-refractivity contribution in [1.82, 2.24) is 0 Å². The minimum absolute atomic E-state index is 0.0774. The van der Waals surface area contributed by atoms with Crippen molar-refractivity contribution in [3.05, 3.63) is 94.1 Å². The molecule has 1 unspecified atom stereocenters. The Kier molecular flexibility index (Phi) is 8.02. The van der Waals surface area contributed by atoms with Crippen molar-refractivity contribution in [2.45, 2.75) is 52.1 Å². The molecule has 2 aromatic rings. The van der Waals surface area contributed by atoms with Crippen molar-refractivity contribution in [2.75, 3.05) is 0 Å². The number of hydrogen-bond acceptors (Lipinski definition) is 3. The van der Waals surface area contributed by atoms with Crippen molar-refractivity contribution in [1.29, 1.82) is 0 Å². The number of carbonyl (C=O) groups excluding carboxylic acids is 3. The molecule has 0 spiro atoms. The second-order valence-electron chi connectivity index (χ2n) is 8.63. The van der Waals surface area contributed by atoms with Gasteiger partial charge in [-0.05, 0) is 41.7 Å². The Bertz CT molecular complexity index is 1140. The van der Waals surface area contributed by atoms with Gasteiger partial charge < -0.3 is 0 Å². The van der Waals surface area contributed by atoms with E-state index in [4.69, 9.17) is 0 Å². The molecule has 0 saturated heterocycles. The van der Waals surface area contributed by atoms with Gasteiger partial charge in [-0.1, -0.05) is 62.4 Å². The lowest BCUT2D eigenvalue weighted by Gasteiger charge is -2.19. The largest absolute Gasteiger partial charge is 0.416 e. The lowest BCUT2D eigenvalue weighted by atomic mass is 9.87. The Morgan fingerprint density at radius 2 is 1.65 bits per heavy atom. The zero-order valence-electron chi connectivity index (χ0n) is 19.2. The molecule has 6 heteroatoms. The smallest absolute Gasteiger partial charge is 0.299 e.